The van der Waals surface area contributed by atoms with Crippen LogP contribution in [0.1, 0.15) is 11.1 Å². The molecule has 13 heavy (non-hydrogen) atoms. The molecule has 1 aromatic carbocycles. The van der Waals surface area contributed by atoms with Gasteiger partial charge in [0.1, 0.15) is 6.07 Å². The van der Waals surface area contributed by atoms with Crippen LogP contribution in [0.2, 0.25) is 0 Å². The minimum atomic E-state index is -3.26. The third-order valence-corrected chi connectivity index (χ3v) is 1.84. The quantitative estimate of drug-likeness (QED) is 0.688. The van der Waals surface area contributed by atoms with Crippen molar-refractivity contribution in [2.45, 2.75) is 19.3 Å². The maximum Gasteiger partial charge on any atom is 0.335 e. The molecule has 0 N–H and O–H groups in total. The Labute approximate surface area is 75.6 Å². The highest BCUT2D eigenvalue weighted by atomic mass is 19.3. The number of hydrogen-bond acceptors (Lipinski definition) is 1. The standard InChI is InChI=1S/C10H9F2N/c1-8-4-2-3-5-9(8)6-10(11,12)7-13/h2-5H,6H2,1H3. The largest absolute Gasteiger partial charge is 0.335 e. The first-order chi connectivity index (χ1) is 6.05. The van der Waals surface area contributed by atoms with Crippen LogP contribution in [-0.4, -0.2) is 5.92 Å². The fourth-order valence-electron chi connectivity index (χ4n) is 1.09. The summed E-state index contributed by atoms with van der Waals surface area (Å²) in [5, 5.41) is 8.15. The van der Waals surface area contributed by atoms with Crippen LogP contribution in [-0.2, 0) is 6.42 Å². The molecule has 1 nitrogen and oxygen atoms in total. The first-order valence-corrected chi connectivity index (χ1v) is 3.89. The van der Waals surface area contributed by atoms with E-state index in [1.807, 2.05) is 0 Å². The molecule has 0 aliphatic rings. The van der Waals surface area contributed by atoms with Crippen LogP contribution in [0.15, 0.2) is 24.3 Å². The lowest BCUT2D eigenvalue weighted by molar-refractivity contribution is 0.0644. The number of nitriles is 1. The lowest BCUT2D eigenvalue weighted by Gasteiger charge is -2.09. The van der Waals surface area contributed by atoms with Gasteiger partial charge in [0.25, 0.3) is 0 Å². The van der Waals surface area contributed by atoms with Crippen LogP contribution in [0, 0.1) is 18.3 Å². The summed E-state index contributed by atoms with van der Waals surface area (Å²) >= 11 is 0. The van der Waals surface area contributed by atoms with Crippen LogP contribution in [0.25, 0.3) is 0 Å². The second-order valence-electron chi connectivity index (χ2n) is 2.92. The van der Waals surface area contributed by atoms with Gasteiger partial charge in [0.2, 0.25) is 0 Å². The second-order valence-corrected chi connectivity index (χ2v) is 2.92. The lowest BCUT2D eigenvalue weighted by Crippen LogP contribution is -2.16. The summed E-state index contributed by atoms with van der Waals surface area (Å²) in [7, 11) is 0. The van der Waals surface area contributed by atoms with Crippen molar-refractivity contribution in [2.75, 3.05) is 0 Å². The average Bonchev–Trinajstić information content (AvgIpc) is 2.09. The molecule has 0 atom stereocenters. The number of aryl methyl sites for hydroxylation is 1. The second kappa shape index (κ2) is 3.53. The van der Waals surface area contributed by atoms with Crippen molar-refractivity contribution in [3.05, 3.63) is 35.4 Å². The molecule has 3 heteroatoms. The molecule has 0 saturated carbocycles. The van der Waals surface area contributed by atoms with Gasteiger partial charge in [0.05, 0.1) is 6.42 Å². The molecule has 0 aliphatic heterocycles. The maximum absolute atomic E-state index is 12.7. The molecule has 0 unspecified atom stereocenters. The number of alkyl halides is 2. The fraction of sp³-hybridized carbons (Fsp3) is 0.300. The van der Waals surface area contributed by atoms with E-state index in [9.17, 15) is 8.78 Å². The number of hydrogen-bond donors (Lipinski definition) is 0. The van der Waals surface area contributed by atoms with Gasteiger partial charge < -0.3 is 0 Å². The summed E-state index contributed by atoms with van der Waals surface area (Å²) in [4.78, 5) is 0. The van der Waals surface area contributed by atoms with Crippen LogP contribution >= 0.6 is 0 Å². The molecular formula is C10H9F2N. The molecule has 0 radical (unpaired) electrons. The van der Waals surface area contributed by atoms with Crippen LogP contribution < -0.4 is 0 Å². The highest BCUT2D eigenvalue weighted by molar-refractivity contribution is 5.27. The predicted molar refractivity (Wildman–Crippen MR) is 45.4 cm³/mol. The molecule has 68 valence electrons. The molecule has 1 rings (SSSR count). The third kappa shape index (κ3) is 2.51. The molecule has 0 bridgehead atoms. The molecular weight excluding hydrogens is 172 g/mol. The topological polar surface area (TPSA) is 23.8 Å². The van der Waals surface area contributed by atoms with E-state index in [-0.39, 0.29) is 0 Å². The van der Waals surface area contributed by atoms with Gasteiger partial charge in [-0.3, -0.25) is 0 Å². The van der Waals surface area contributed by atoms with E-state index < -0.39 is 12.3 Å². The number of rotatable bonds is 2. The zero-order chi connectivity index (χ0) is 9.90. The Morgan fingerprint density at radius 3 is 2.54 bits per heavy atom. The SMILES string of the molecule is Cc1ccccc1CC(F)(F)C#N. The Hall–Kier alpha value is -1.43. The van der Waals surface area contributed by atoms with Gasteiger partial charge in [0, 0.05) is 0 Å². The van der Waals surface area contributed by atoms with Crippen molar-refractivity contribution in [1.29, 1.82) is 5.26 Å². The van der Waals surface area contributed by atoms with Gasteiger partial charge in [-0.25, -0.2) is 0 Å². The number of halogens is 2. The van der Waals surface area contributed by atoms with Crippen LogP contribution in [0.5, 0.6) is 0 Å². The number of nitrogens with zero attached hydrogens (tertiary/aromatic N) is 1. The normalized spacial score (nSPS) is 10.9. The first-order valence-electron chi connectivity index (χ1n) is 3.89. The zero-order valence-electron chi connectivity index (χ0n) is 7.22. The summed E-state index contributed by atoms with van der Waals surface area (Å²) < 4.78 is 25.3. The first kappa shape index (κ1) is 9.66. The van der Waals surface area contributed by atoms with E-state index in [1.165, 1.54) is 0 Å². The van der Waals surface area contributed by atoms with Crippen molar-refractivity contribution in [2.24, 2.45) is 0 Å². The minimum Gasteiger partial charge on any atom is -0.192 e. The van der Waals surface area contributed by atoms with Gasteiger partial charge in [-0.2, -0.15) is 14.0 Å². The van der Waals surface area contributed by atoms with Crippen LogP contribution in [0.4, 0.5) is 8.78 Å². The Bertz CT molecular complexity index is 339. The van der Waals surface area contributed by atoms with E-state index in [0.29, 0.717) is 5.56 Å². The number of benzene rings is 1. The summed E-state index contributed by atoms with van der Waals surface area (Å²) in [6.07, 6.45) is -0.504. The van der Waals surface area contributed by atoms with Gasteiger partial charge in [-0.1, -0.05) is 24.3 Å². The van der Waals surface area contributed by atoms with Gasteiger partial charge in [0.15, 0.2) is 0 Å². The molecule has 1 aromatic rings. The van der Waals surface area contributed by atoms with Gasteiger partial charge in [-0.05, 0) is 18.1 Å². The fourth-order valence-corrected chi connectivity index (χ4v) is 1.09. The zero-order valence-corrected chi connectivity index (χ0v) is 7.22. The van der Waals surface area contributed by atoms with E-state index >= 15 is 0 Å². The smallest absolute Gasteiger partial charge is 0.192 e. The van der Waals surface area contributed by atoms with Crippen molar-refractivity contribution < 1.29 is 8.78 Å². The Morgan fingerprint density at radius 2 is 2.00 bits per heavy atom. The van der Waals surface area contributed by atoms with E-state index in [0.717, 1.165) is 11.6 Å². The van der Waals surface area contributed by atoms with Crippen molar-refractivity contribution in [1.82, 2.24) is 0 Å². The highest BCUT2D eigenvalue weighted by Crippen LogP contribution is 2.20. The summed E-state index contributed by atoms with van der Waals surface area (Å²) in [6, 6.07) is 7.82. The molecule has 0 spiro atoms. The van der Waals surface area contributed by atoms with Gasteiger partial charge >= 0.3 is 5.92 Å². The Balaban J connectivity index is 2.88. The van der Waals surface area contributed by atoms with Crippen molar-refractivity contribution >= 4 is 0 Å². The Kier molecular flexibility index (Phi) is 2.62. The maximum atomic E-state index is 12.7. The minimum absolute atomic E-state index is 0.504. The third-order valence-electron chi connectivity index (χ3n) is 1.84. The van der Waals surface area contributed by atoms with Crippen molar-refractivity contribution in [3.63, 3.8) is 0 Å². The summed E-state index contributed by atoms with van der Waals surface area (Å²) in [6.45, 7) is 1.75. The monoisotopic (exact) mass is 181 g/mol. The summed E-state index contributed by atoms with van der Waals surface area (Å²) in [5.74, 6) is -3.26. The van der Waals surface area contributed by atoms with Crippen molar-refractivity contribution in [3.8, 4) is 6.07 Å². The van der Waals surface area contributed by atoms with Gasteiger partial charge in [-0.15, -0.1) is 0 Å². The average molecular weight is 181 g/mol. The van der Waals surface area contributed by atoms with E-state index in [4.69, 9.17) is 5.26 Å². The predicted octanol–water partition coefficient (Wildman–Crippen LogP) is 2.70. The highest BCUT2D eigenvalue weighted by Gasteiger charge is 2.28. The molecule has 0 saturated heterocycles. The Morgan fingerprint density at radius 1 is 1.38 bits per heavy atom. The molecule has 0 heterocycles. The molecule has 0 fully saturated rings. The molecule has 0 aromatic heterocycles. The summed E-state index contributed by atoms with van der Waals surface area (Å²) in [5.41, 5.74) is 1.31. The lowest BCUT2D eigenvalue weighted by atomic mass is 10.0. The molecule has 0 amide bonds. The van der Waals surface area contributed by atoms with E-state index in [2.05, 4.69) is 0 Å². The van der Waals surface area contributed by atoms with Crippen LogP contribution in [0.3, 0.4) is 0 Å². The molecule has 0 aliphatic carbocycles. The van der Waals surface area contributed by atoms with E-state index in [1.54, 1.807) is 31.2 Å².